The smallest absolute Gasteiger partial charge is 0.269 e. The van der Waals surface area contributed by atoms with Crippen molar-refractivity contribution in [3.8, 4) is 73.2 Å². The molecule has 0 radical (unpaired) electrons. The number of hydrogen-bond acceptors (Lipinski definition) is 2. The predicted molar refractivity (Wildman–Crippen MR) is 422 cm³/mol. The quantitative estimate of drug-likeness (QED) is 0.0499. The number of nitrogens with zero attached hydrogens (tertiary/aromatic N) is 4. The summed E-state index contributed by atoms with van der Waals surface area (Å²) in [6, 6.07) is 22.4. The molecule has 6 heteroatoms. The van der Waals surface area contributed by atoms with Gasteiger partial charge in [-0.1, -0.05) is 307 Å². The van der Waals surface area contributed by atoms with Crippen LogP contribution in [0.1, 0.15) is 138 Å². The molecule has 0 amide bonds. The van der Waals surface area contributed by atoms with Gasteiger partial charge in [0.15, 0.2) is 8.07 Å². The van der Waals surface area contributed by atoms with E-state index in [-0.39, 0.29) is 33.2 Å². The van der Waals surface area contributed by atoms with E-state index >= 15 is 0 Å². The van der Waals surface area contributed by atoms with E-state index in [1.807, 2.05) is 151 Å². The fraction of sp³-hybridized carbons (Fsp3) is 0.170. The van der Waals surface area contributed by atoms with Crippen LogP contribution >= 0.6 is 0 Å². The lowest BCUT2D eigenvalue weighted by molar-refractivity contribution is -0.571. The van der Waals surface area contributed by atoms with Crippen molar-refractivity contribution in [1.82, 2.24) is 14.1 Å². The highest BCUT2D eigenvalue weighted by Crippen LogP contribution is 2.43. The molecule has 3 heterocycles. The Labute approximate surface area is 625 Å². The molecule has 5 nitrogen and oxygen atoms in total. The summed E-state index contributed by atoms with van der Waals surface area (Å²) >= 11 is 0. The molecular weight excluding hydrogens is 1230 g/mol. The molecular formula is C94H86N4OSi. The molecule has 0 atom stereocenters. The van der Waals surface area contributed by atoms with Crippen molar-refractivity contribution in [1.29, 1.82) is 0 Å². The maximum absolute atomic E-state index is 11.5. The van der Waals surface area contributed by atoms with Gasteiger partial charge in [0.2, 0.25) is 0 Å². The molecule has 100 heavy (non-hydrogen) atoms. The van der Waals surface area contributed by atoms with Crippen LogP contribution in [-0.4, -0.2) is 22.2 Å². The van der Waals surface area contributed by atoms with Gasteiger partial charge in [-0.25, -0.2) is 4.98 Å². The Morgan fingerprint density at radius 2 is 0.940 bits per heavy atom. The van der Waals surface area contributed by atoms with E-state index in [1.54, 1.807) is 33.4 Å². The fourth-order valence-electron chi connectivity index (χ4n) is 13.1. The molecule has 12 aromatic carbocycles. The third kappa shape index (κ3) is 12.2. The molecule has 0 saturated carbocycles. The average Bonchev–Trinajstić information content (AvgIpc) is 0.918. The van der Waals surface area contributed by atoms with Crippen LogP contribution in [-0.2, 0) is 21.7 Å². The molecule has 15 rings (SSSR count). The van der Waals surface area contributed by atoms with Crippen LogP contribution in [0.4, 0.5) is 0 Å². The summed E-state index contributed by atoms with van der Waals surface area (Å²) in [6.45, 7) is 24.8. The maximum Gasteiger partial charge on any atom is 0.269 e. The van der Waals surface area contributed by atoms with Crippen LogP contribution in [0.5, 0.6) is 11.5 Å². The molecule has 0 aliphatic carbocycles. The summed E-state index contributed by atoms with van der Waals surface area (Å²) in [5, 5.41) is -2.30. The monoisotopic (exact) mass is 1340 g/mol. The SMILES string of the molecule is [2H]c1c([2H])c([2H])c(-c2cc(-c3cc(C(C)(C)C)cc(C(C)(C)C)c3)c(-[n+]3[c-]n(-c4cccc(Oc5ccc6c7ccccc7n(-c7cc(C(C)(C)C)ccn7)c6c5)c4)c4cc(-c5ccc(C(C)(C)C)cc5)ccc43)c(-c3c([2H])c([2H])c([2H])c([Si](c4c([2H])c([2H])c([2H])c([2H])c4[2H])(c4c([2H])c([2H])c([2H])c([2H])c4[2H])c4c([2H])c([2H])c([2H])c([2H])c4[2H])c3[2H])c2)c([2H])c1[2H]. The zero-order valence-corrected chi connectivity index (χ0v) is 58.7. The van der Waals surface area contributed by atoms with Gasteiger partial charge in [0.1, 0.15) is 17.3 Å². The Balaban J connectivity index is 1.14. The zero-order chi connectivity index (χ0) is 90.2. The maximum atomic E-state index is 11.5. The minimum atomic E-state index is -6.54. The third-order valence-electron chi connectivity index (χ3n) is 18.5. The van der Waals surface area contributed by atoms with Gasteiger partial charge in [-0.2, -0.15) is 0 Å². The summed E-state index contributed by atoms with van der Waals surface area (Å²) in [6.07, 6.45) is 5.50. The van der Waals surface area contributed by atoms with Gasteiger partial charge in [0.05, 0.1) is 66.3 Å². The molecule has 0 aliphatic heterocycles. The van der Waals surface area contributed by atoms with Crippen molar-refractivity contribution >= 4 is 61.7 Å². The number of benzene rings is 12. The molecule has 0 fully saturated rings. The number of fused-ring (bicyclic) bond motifs is 4. The van der Waals surface area contributed by atoms with Crippen molar-refractivity contribution in [3.05, 3.63) is 331 Å². The number of pyridine rings is 1. The van der Waals surface area contributed by atoms with Crippen LogP contribution in [0.25, 0.3) is 94.5 Å². The Morgan fingerprint density at radius 1 is 0.390 bits per heavy atom. The first-order valence-electron chi connectivity index (χ1n) is 45.2. The molecule has 0 bridgehead atoms. The minimum absolute atomic E-state index is 0.0440. The predicted octanol–water partition coefficient (Wildman–Crippen LogP) is 21.2. The lowest BCUT2D eigenvalue weighted by Gasteiger charge is -2.34. The summed E-state index contributed by atoms with van der Waals surface area (Å²) in [5.41, 5.74) is 5.19. The van der Waals surface area contributed by atoms with Crippen molar-refractivity contribution < 1.29 is 42.2 Å². The molecule has 0 aliphatic rings. The van der Waals surface area contributed by atoms with E-state index in [1.165, 1.54) is 6.07 Å². The molecule has 0 N–H and O–H groups in total. The topological polar surface area (TPSA) is 35.9 Å². The normalized spacial score (nSPS) is 15.8. The van der Waals surface area contributed by atoms with Crippen molar-refractivity contribution in [3.63, 3.8) is 0 Å². The number of hydrogen-bond donors (Lipinski definition) is 0. The summed E-state index contributed by atoms with van der Waals surface area (Å²) in [4.78, 5) is 4.91. The highest BCUT2D eigenvalue weighted by atomic mass is 28.3. The van der Waals surface area contributed by atoms with E-state index < -0.39 is 196 Å². The summed E-state index contributed by atoms with van der Waals surface area (Å²) in [5.74, 6) is 1.52. The molecule has 0 spiro atoms. The Morgan fingerprint density at radius 3 is 1.56 bits per heavy atom. The van der Waals surface area contributed by atoms with Crippen LogP contribution in [0.3, 0.4) is 0 Å². The van der Waals surface area contributed by atoms with Crippen LogP contribution in [0, 0.1) is 6.33 Å². The van der Waals surface area contributed by atoms with Gasteiger partial charge in [0, 0.05) is 23.0 Å². The highest BCUT2D eigenvalue weighted by Gasteiger charge is 2.42. The Bertz CT molecular complexity index is 6750. The second-order valence-electron chi connectivity index (χ2n) is 29.3. The van der Waals surface area contributed by atoms with Crippen molar-refractivity contribution in [2.75, 3.05) is 0 Å². The molecule has 0 saturated heterocycles. The number of ether oxygens (including phenoxy) is 1. The van der Waals surface area contributed by atoms with Crippen molar-refractivity contribution in [2.24, 2.45) is 0 Å². The number of para-hydroxylation sites is 1. The standard InChI is InChI=1S/C94H86N4OSi/c1-91(2,3)70-46-43-65(44-47-70)66-45-50-86-88(58-66)96(74-32-28-33-75(61-74)99-76-48-49-82-81-41-25-26-42-85(81)98(87(82)62-76)89-60-71(51-52-95-89)92(4,5)6)63-97(86)90-83(56-68(64-29-17-13-18-30-64)57-84(90)69-53-72(93(7,8)9)59-73(54-69)94(10,11)12)67-31-27-40-80(55-67)100(77-34-19-14-20-35-77,78-36-21-15-22-37-78)79-38-23-16-24-39-79/h13-62H,1-12H3/i13D,14D,15D,16D,17D,18D,19D,20D,21D,22D,23D,24D,27D,29D,30D,31D,34D,35D,36D,37D,38D,39D,40D,55D. The Kier molecular flexibility index (Phi) is 10.9. The van der Waals surface area contributed by atoms with E-state index in [4.69, 9.17) is 15.2 Å². The summed E-state index contributed by atoms with van der Waals surface area (Å²) < 4.78 is 246. The average molecular weight is 1340 g/mol. The number of aromatic nitrogens is 4. The first-order valence-corrected chi connectivity index (χ1v) is 35.2. The number of rotatable bonds is 13. The van der Waals surface area contributed by atoms with E-state index in [0.29, 0.717) is 45.2 Å². The lowest BCUT2D eigenvalue weighted by atomic mass is 9.78. The van der Waals surface area contributed by atoms with Gasteiger partial charge in [-0.15, -0.1) is 0 Å². The van der Waals surface area contributed by atoms with Gasteiger partial charge < -0.3 is 4.74 Å². The second-order valence-corrected chi connectivity index (χ2v) is 32.8. The summed E-state index contributed by atoms with van der Waals surface area (Å²) in [7, 11) is -6.54. The van der Waals surface area contributed by atoms with Crippen molar-refractivity contribution in [2.45, 2.75) is 105 Å². The van der Waals surface area contributed by atoms with E-state index in [9.17, 15) is 27.4 Å². The van der Waals surface area contributed by atoms with E-state index in [0.717, 1.165) is 49.6 Å². The molecule has 0 unspecified atom stereocenters. The van der Waals surface area contributed by atoms with Crippen LogP contribution in [0.2, 0.25) is 0 Å². The Hall–Kier alpha value is -10.9. The fourth-order valence-corrected chi connectivity index (χ4v) is 16.7. The molecule has 3 aromatic heterocycles. The van der Waals surface area contributed by atoms with Gasteiger partial charge >= 0.3 is 0 Å². The van der Waals surface area contributed by atoms with Crippen LogP contribution < -0.4 is 30.1 Å². The second kappa shape index (κ2) is 25.4. The third-order valence-corrected chi connectivity index (χ3v) is 22.5. The molecule has 15 aromatic rings. The van der Waals surface area contributed by atoms with E-state index in [2.05, 4.69) is 70.6 Å². The molecule has 492 valence electrons. The zero-order valence-electron chi connectivity index (χ0n) is 81.7. The first kappa shape index (κ1) is 42.8. The lowest BCUT2D eigenvalue weighted by Crippen LogP contribution is -2.74. The van der Waals surface area contributed by atoms with Gasteiger partial charge in [-0.05, 0) is 176 Å². The minimum Gasteiger partial charge on any atom is -0.458 e. The van der Waals surface area contributed by atoms with Crippen LogP contribution in [0.15, 0.2) is 303 Å². The largest absolute Gasteiger partial charge is 0.458 e. The first-order chi connectivity index (χ1) is 58.0. The highest BCUT2D eigenvalue weighted by molar-refractivity contribution is 7.20. The number of imidazole rings is 1. The van der Waals surface area contributed by atoms with Gasteiger partial charge in [0.25, 0.3) is 6.33 Å². The van der Waals surface area contributed by atoms with Gasteiger partial charge in [-0.3, -0.25) is 13.7 Å².